The summed E-state index contributed by atoms with van der Waals surface area (Å²) in [7, 11) is 0. The number of carbonyl (C=O) groups is 10. The van der Waals surface area contributed by atoms with Crippen LogP contribution in [0.4, 0.5) is 0 Å². The summed E-state index contributed by atoms with van der Waals surface area (Å²) in [5, 5.41) is 31.8. The van der Waals surface area contributed by atoms with Gasteiger partial charge in [-0.3, -0.25) is 43.2 Å². The van der Waals surface area contributed by atoms with Gasteiger partial charge in [0, 0.05) is 93.7 Å². The Kier molecular flexibility index (Phi) is 17.8. The van der Waals surface area contributed by atoms with Crippen LogP contribution in [-0.2, 0) is 62.0 Å². The summed E-state index contributed by atoms with van der Waals surface area (Å²) in [4.78, 5) is 137. The molecule has 4 aliphatic rings. The fourth-order valence-corrected chi connectivity index (χ4v) is 12.2. The van der Waals surface area contributed by atoms with Crippen molar-refractivity contribution in [3.05, 3.63) is 119 Å². The Balaban J connectivity index is 1.34. The molecule has 7 rings (SSSR count). The van der Waals surface area contributed by atoms with E-state index in [0.717, 1.165) is 13.8 Å². The molecule has 11 atom stereocenters. The van der Waals surface area contributed by atoms with Gasteiger partial charge in [0.1, 0.15) is 29.8 Å². The van der Waals surface area contributed by atoms with E-state index in [0.29, 0.717) is 0 Å². The van der Waals surface area contributed by atoms with Crippen LogP contribution < -0.4 is 10.6 Å². The monoisotopic (exact) mass is 1080 g/mol. The molecule has 19 heteroatoms. The standard InChI is InChI=1S/C59H68N2O17/c1-33(62)27-28-60-46(68)25-23-40(65)24-26-47(69)77-51(49(38-19-13-9-14-20-38)61-54(71)39-21-15-10-16-22-39)55(72)76-43-31-59(73)41(29-42(66)37-17-11-8-12-18-37)52-57(7,44(67)30-45-58(52,32-74-45)78-36(4)64)53(70)50(75-35(3)63)48(34(43)2)56(59,5)6/h8-22,41,43-45,49-52,67,73H,23-32H2,1-7H3,(H,60,68)(H,61,71)/t41-,43-,44-,45+,49?,50+,51+,52-,57+,58-,59+/m0/s1. The highest BCUT2D eigenvalue weighted by Gasteiger charge is 2.77. The highest BCUT2D eigenvalue weighted by molar-refractivity contribution is 5.98. The molecule has 1 saturated heterocycles. The number of nitrogens with one attached hydrogen (secondary N) is 2. The average Bonchev–Trinajstić information content (AvgIpc) is 3.33. The molecule has 2 saturated carbocycles. The van der Waals surface area contributed by atoms with Crippen LogP contribution in [-0.4, -0.2) is 124 Å². The molecular formula is C59H68N2O17. The summed E-state index contributed by atoms with van der Waals surface area (Å²) < 4.78 is 30.5. The van der Waals surface area contributed by atoms with Gasteiger partial charge in [0.2, 0.25) is 12.0 Å². The minimum Gasteiger partial charge on any atom is -0.455 e. The van der Waals surface area contributed by atoms with Gasteiger partial charge in [-0.05, 0) is 49.6 Å². The second-order valence-electron chi connectivity index (χ2n) is 21.6. The van der Waals surface area contributed by atoms with Crippen LogP contribution in [0, 0.1) is 22.7 Å². The molecule has 3 aromatic carbocycles. The lowest BCUT2D eigenvalue weighted by molar-refractivity contribution is -0.339. The maximum atomic E-state index is 15.8. The molecule has 3 fully saturated rings. The molecule has 4 N–H and O–H groups in total. The second kappa shape index (κ2) is 23.8. The van der Waals surface area contributed by atoms with Gasteiger partial charge in [0.25, 0.3) is 5.91 Å². The number of aliphatic hydroxyl groups excluding tert-OH is 1. The van der Waals surface area contributed by atoms with Crippen molar-refractivity contribution in [1.29, 1.82) is 0 Å². The van der Waals surface area contributed by atoms with Crippen molar-refractivity contribution in [3.63, 3.8) is 0 Å². The highest BCUT2D eigenvalue weighted by atomic mass is 16.6. The number of benzene rings is 3. The molecule has 0 spiro atoms. The Hall–Kier alpha value is -7.22. The van der Waals surface area contributed by atoms with Gasteiger partial charge in [-0.15, -0.1) is 0 Å². The molecule has 19 nitrogen and oxygen atoms in total. The van der Waals surface area contributed by atoms with Gasteiger partial charge < -0.3 is 44.5 Å². The molecule has 1 heterocycles. The van der Waals surface area contributed by atoms with Gasteiger partial charge in [0.15, 0.2) is 23.3 Å². The van der Waals surface area contributed by atoms with Crippen LogP contribution in [0.3, 0.4) is 0 Å². The maximum Gasteiger partial charge on any atom is 0.350 e. The van der Waals surface area contributed by atoms with E-state index in [1.165, 1.54) is 32.9 Å². The predicted molar refractivity (Wildman–Crippen MR) is 277 cm³/mol. The smallest absolute Gasteiger partial charge is 0.350 e. The average molecular weight is 1080 g/mol. The number of hydrogen-bond acceptors (Lipinski definition) is 17. The molecule has 2 amide bonds. The van der Waals surface area contributed by atoms with Crippen LogP contribution in [0.25, 0.3) is 0 Å². The number of carbonyl (C=O) groups excluding carboxylic acids is 10. The highest BCUT2D eigenvalue weighted by Crippen LogP contribution is 2.66. The first kappa shape index (κ1) is 58.5. The zero-order valence-electron chi connectivity index (χ0n) is 44.9. The second-order valence-corrected chi connectivity index (χ2v) is 21.6. The van der Waals surface area contributed by atoms with Crippen molar-refractivity contribution >= 4 is 58.8 Å². The molecule has 3 aromatic rings. The summed E-state index contributed by atoms with van der Waals surface area (Å²) in [5.74, 6) is -10.0. The number of hydrogen-bond donors (Lipinski definition) is 4. The van der Waals surface area contributed by atoms with Crippen LogP contribution in [0.5, 0.6) is 0 Å². The van der Waals surface area contributed by atoms with E-state index in [1.807, 2.05) is 0 Å². The Bertz CT molecular complexity index is 2850. The SMILES string of the molecule is CC(=O)CCNC(=O)CCC(=O)CCC(=O)O[C@@H](C(=O)O[C@H]1C[C@@]2(O)[C@@H](CC(=O)c3ccccc3)[C@@H]3[C@]4(OC(C)=O)CO[C@@H]4C[C@H](O)[C@@]3(C)C(=O)[C@H](OC(C)=O)C(=C1C)C2(C)C)C(NC(=O)c1ccccc1)c1ccccc1. The molecule has 0 radical (unpaired) electrons. The Labute approximate surface area is 452 Å². The molecule has 1 aliphatic heterocycles. The van der Waals surface area contributed by atoms with E-state index in [2.05, 4.69) is 10.6 Å². The number of Topliss-reactive ketones (excluding diaryl/α,β-unsaturated/α-hetero) is 4. The fraction of sp³-hybridized carbons (Fsp3) is 0.492. The molecular weight excluding hydrogens is 1010 g/mol. The topological polar surface area (TPSA) is 281 Å². The number of amides is 2. The molecule has 1 unspecified atom stereocenters. The van der Waals surface area contributed by atoms with Crippen molar-refractivity contribution in [2.24, 2.45) is 22.7 Å². The van der Waals surface area contributed by atoms with E-state index in [9.17, 15) is 48.6 Å². The van der Waals surface area contributed by atoms with Crippen molar-refractivity contribution in [2.75, 3.05) is 13.2 Å². The molecule has 78 heavy (non-hydrogen) atoms. The summed E-state index contributed by atoms with van der Waals surface area (Å²) in [6.07, 6.45) is -10.7. The van der Waals surface area contributed by atoms with Gasteiger partial charge >= 0.3 is 23.9 Å². The minimum absolute atomic E-state index is 0.0108. The Morgan fingerprint density at radius 3 is 1.95 bits per heavy atom. The zero-order chi connectivity index (χ0) is 56.9. The number of ether oxygens (including phenoxy) is 5. The third kappa shape index (κ3) is 11.8. The lowest BCUT2D eigenvalue weighted by Crippen LogP contribution is -2.80. The Morgan fingerprint density at radius 1 is 0.769 bits per heavy atom. The molecule has 0 aromatic heterocycles. The van der Waals surface area contributed by atoms with E-state index in [-0.39, 0.29) is 72.5 Å². The molecule has 2 bridgehead atoms. The van der Waals surface area contributed by atoms with Crippen molar-refractivity contribution in [3.8, 4) is 0 Å². The first-order valence-corrected chi connectivity index (χ1v) is 26.2. The van der Waals surface area contributed by atoms with Crippen LogP contribution in [0.15, 0.2) is 102 Å². The van der Waals surface area contributed by atoms with Gasteiger partial charge in [-0.2, -0.15) is 0 Å². The normalized spacial score (nSPS) is 27.5. The quantitative estimate of drug-likeness (QED) is 0.0463. The lowest BCUT2D eigenvalue weighted by atomic mass is 9.42. The minimum atomic E-state index is -2.30. The molecule has 416 valence electrons. The first-order valence-electron chi connectivity index (χ1n) is 26.2. The van der Waals surface area contributed by atoms with Crippen LogP contribution in [0.1, 0.15) is 132 Å². The van der Waals surface area contributed by atoms with E-state index < -0.39 is 149 Å². The lowest BCUT2D eigenvalue weighted by Gasteiger charge is -2.68. The van der Waals surface area contributed by atoms with Gasteiger partial charge in [-0.1, -0.05) is 92.7 Å². The Morgan fingerprint density at radius 2 is 1.37 bits per heavy atom. The number of rotatable bonds is 21. The third-order valence-corrected chi connectivity index (χ3v) is 16.3. The van der Waals surface area contributed by atoms with E-state index in [1.54, 1.807) is 92.7 Å². The van der Waals surface area contributed by atoms with E-state index >= 15 is 9.59 Å². The van der Waals surface area contributed by atoms with Crippen LogP contribution in [0.2, 0.25) is 0 Å². The summed E-state index contributed by atoms with van der Waals surface area (Å²) >= 11 is 0. The van der Waals surface area contributed by atoms with Crippen molar-refractivity contribution in [2.45, 2.75) is 148 Å². The van der Waals surface area contributed by atoms with Crippen molar-refractivity contribution in [1.82, 2.24) is 10.6 Å². The third-order valence-electron chi connectivity index (χ3n) is 16.3. The number of aliphatic hydroxyl groups is 2. The summed E-state index contributed by atoms with van der Waals surface area (Å²) in [5.41, 5.74) is -6.91. The number of fused-ring (bicyclic) bond motifs is 5. The fourth-order valence-electron chi connectivity index (χ4n) is 12.2. The number of ketones is 4. The van der Waals surface area contributed by atoms with Gasteiger partial charge in [-0.25, -0.2) is 4.79 Å². The first-order chi connectivity index (χ1) is 36.8. The summed E-state index contributed by atoms with van der Waals surface area (Å²) in [6, 6.07) is 22.7. The maximum absolute atomic E-state index is 15.8. The molecule has 3 aliphatic carbocycles. The van der Waals surface area contributed by atoms with E-state index in [4.69, 9.17) is 23.7 Å². The van der Waals surface area contributed by atoms with Crippen molar-refractivity contribution < 1.29 is 81.8 Å². The predicted octanol–water partition coefficient (Wildman–Crippen LogP) is 5.18. The van der Waals surface area contributed by atoms with Crippen LogP contribution >= 0.6 is 0 Å². The summed E-state index contributed by atoms with van der Waals surface area (Å²) in [6.45, 7) is 9.57. The number of esters is 4. The van der Waals surface area contributed by atoms with Gasteiger partial charge in [0.05, 0.1) is 30.1 Å². The largest absolute Gasteiger partial charge is 0.455 e. The zero-order valence-corrected chi connectivity index (χ0v) is 44.9.